The number of anilines is 2. The number of hydrogen-bond donors (Lipinski definition) is 2. The van der Waals surface area contributed by atoms with Crippen molar-refractivity contribution in [2.75, 3.05) is 50.0 Å². The summed E-state index contributed by atoms with van der Waals surface area (Å²) in [5.74, 6) is -1.21. The van der Waals surface area contributed by atoms with Crippen molar-refractivity contribution in [3.05, 3.63) is 41.4 Å². The lowest BCUT2D eigenvalue weighted by atomic mass is 9.95. The van der Waals surface area contributed by atoms with Crippen LogP contribution in [0.2, 0.25) is 0 Å². The summed E-state index contributed by atoms with van der Waals surface area (Å²) >= 11 is 0. The zero-order valence-electron chi connectivity index (χ0n) is 25.3. The molecule has 1 atom stereocenters. The van der Waals surface area contributed by atoms with Crippen LogP contribution in [0.4, 0.5) is 38.0 Å². The molecule has 0 aromatic carbocycles. The van der Waals surface area contributed by atoms with Gasteiger partial charge in [-0.05, 0) is 63.4 Å². The Morgan fingerprint density at radius 1 is 1.11 bits per heavy atom. The Hall–Kier alpha value is -3.72. The molecule has 9 nitrogen and oxygen atoms in total. The lowest BCUT2D eigenvalue weighted by molar-refractivity contribution is -0.137. The molecule has 3 aliphatic heterocycles. The van der Waals surface area contributed by atoms with Gasteiger partial charge in [0.15, 0.2) is 5.82 Å². The van der Waals surface area contributed by atoms with Crippen molar-refractivity contribution in [1.29, 1.82) is 0 Å². The van der Waals surface area contributed by atoms with E-state index in [1.165, 1.54) is 13.1 Å². The van der Waals surface area contributed by atoms with Crippen molar-refractivity contribution >= 4 is 22.5 Å². The van der Waals surface area contributed by atoms with Crippen molar-refractivity contribution in [3.8, 4) is 17.4 Å². The van der Waals surface area contributed by atoms with Gasteiger partial charge in [-0.3, -0.25) is 9.88 Å². The summed E-state index contributed by atoms with van der Waals surface area (Å²) in [6, 6.07) is 0.173. The van der Waals surface area contributed by atoms with Gasteiger partial charge in [0, 0.05) is 31.9 Å². The van der Waals surface area contributed by atoms with E-state index in [0.717, 1.165) is 50.9 Å². The van der Waals surface area contributed by atoms with E-state index in [2.05, 4.69) is 30.2 Å². The van der Waals surface area contributed by atoms with Crippen LogP contribution in [0.1, 0.15) is 50.7 Å². The molecule has 3 aliphatic rings. The SMILES string of the molecule is CC.Cc1cc(N)nc(-c2ncc3c(N4CCNC(C=C(F)F)C4)nc(OCC45CCCN4CCC5)nc3c2F)c1C(F)(F)F. The summed E-state index contributed by atoms with van der Waals surface area (Å²) in [5, 5.41) is 3.07. The predicted octanol–water partition coefficient (Wildman–Crippen LogP) is 5.73. The van der Waals surface area contributed by atoms with E-state index in [4.69, 9.17) is 10.5 Å². The van der Waals surface area contributed by atoms with Crippen LogP contribution in [-0.4, -0.2) is 75.7 Å². The van der Waals surface area contributed by atoms with Gasteiger partial charge in [0.05, 0.1) is 16.5 Å². The molecule has 45 heavy (non-hydrogen) atoms. The number of ether oxygens (including phenoxy) is 1. The molecule has 3 aromatic rings. The molecule has 0 amide bonds. The summed E-state index contributed by atoms with van der Waals surface area (Å²) in [7, 11) is 0. The molecule has 3 fully saturated rings. The van der Waals surface area contributed by atoms with E-state index >= 15 is 4.39 Å². The number of nitrogens with one attached hydrogen (secondary N) is 1. The van der Waals surface area contributed by atoms with E-state index in [9.17, 15) is 22.0 Å². The first kappa shape index (κ1) is 32.7. The average Bonchev–Trinajstić information content (AvgIpc) is 3.56. The van der Waals surface area contributed by atoms with Crippen molar-refractivity contribution in [3.63, 3.8) is 0 Å². The number of piperazine rings is 1. The number of nitrogen functional groups attached to an aromatic ring is 1. The minimum atomic E-state index is -4.86. The third kappa shape index (κ3) is 6.50. The number of aryl methyl sites for hydroxylation is 1. The van der Waals surface area contributed by atoms with Crippen LogP contribution in [-0.2, 0) is 6.18 Å². The minimum Gasteiger partial charge on any atom is -0.461 e. The maximum Gasteiger partial charge on any atom is 0.418 e. The molecule has 3 N–H and O–H groups in total. The first-order valence-electron chi connectivity index (χ1n) is 15.1. The summed E-state index contributed by atoms with van der Waals surface area (Å²) < 4.78 is 90.7. The van der Waals surface area contributed by atoms with Gasteiger partial charge in [0.2, 0.25) is 0 Å². The molecule has 244 valence electrons. The topological polar surface area (TPSA) is 105 Å². The maximum absolute atomic E-state index is 16.3. The van der Waals surface area contributed by atoms with Crippen molar-refractivity contribution in [2.24, 2.45) is 0 Å². The number of nitrogens with two attached hydrogens (primary N) is 1. The lowest BCUT2D eigenvalue weighted by Gasteiger charge is -2.34. The van der Waals surface area contributed by atoms with Crippen LogP contribution in [0.3, 0.4) is 0 Å². The number of aromatic nitrogens is 4. The highest BCUT2D eigenvalue weighted by Gasteiger charge is 2.45. The Labute approximate surface area is 256 Å². The second kappa shape index (κ2) is 12.9. The summed E-state index contributed by atoms with van der Waals surface area (Å²) in [5.41, 5.74) is 2.41. The Morgan fingerprint density at radius 3 is 2.49 bits per heavy atom. The van der Waals surface area contributed by atoms with Gasteiger partial charge in [-0.25, -0.2) is 9.37 Å². The highest BCUT2D eigenvalue weighted by Crippen LogP contribution is 2.42. The van der Waals surface area contributed by atoms with Crippen LogP contribution in [0.15, 0.2) is 24.4 Å². The van der Waals surface area contributed by atoms with E-state index in [1.807, 2.05) is 13.8 Å². The average molecular weight is 639 g/mol. The number of nitrogens with zero attached hydrogens (tertiary/aromatic N) is 6. The number of pyridine rings is 2. The van der Waals surface area contributed by atoms with Gasteiger partial charge in [0.25, 0.3) is 6.08 Å². The van der Waals surface area contributed by atoms with Crippen molar-refractivity contribution in [1.82, 2.24) is 30.2 Å². The molecule has 15 heteroatoms. The van der Waals surface area contributed by atoms with Gasteiger partial charge in [-0.15, -0.1) is 0 Å². The fourth-order valence-corrected chi connectivity index (χ4v) is 6.61. The molecule has 1 unspecified atom stereocenters. The monoisotopic (exact) mass is 638 g/mol. The lowest BCUT2D eigenvalue weighted by Crippen LogP contribution is -2.50. The van der Waals surface area contributed by atoms with Gasteiger partial charge in [0.1, 0.15) is 35.1 Å². The van der Waals surface area contributed by atoms with Crippen LogP contribution in [0.5, 0.6) is 6.01 Å². The van der Waals surface area contributed by atoms with E-state index in [-0.39, 0.29) is 52.8 Å². The van der Waals surface area contributed by atoms with E-state index in [0.29, 0.717) is 13.1 Å². The number of fused-ring (bicyclic) bond motifs is 2. The second-order valence-electron chi connectivity index (χ2n) is 11.3. The highest BCUT2D eigenvalue weighted by atomic mass is 19.4. The first-order valence-corrected chi connectivity index (χ1v) is 15.1. The summed E-state index contributed by atoms with van der Waals surface area (Å²) in [6.45, 7) is 8.09. The molecule has 6 heterocycles. The molecule has 0 bridgehead atoms. The third-order valence-electron chi connectivity index (χ3n) is 8.50. The normalized spacial score (nSPS) is 19.7. The molecule has 6 rings (SSSR count). The largest absolute Gasteiger partial charge is 0.461 e. The number of alkyl halides is 3. The van der Waals surface area contributed by atoms with Crippen LogP contribution >= 0.6 is 0 Å². The fourth-order valence-electron chi connectivity index (χ4n) is 6.61. The van der Waals surface area contributed by atoms with E-state index in [1.54, 1.807) is 4.90 Å². The molecular weight excluding hydrogens is 602 g/mol. The third-order valence-corrected chi connectivity index (χ3v) is 8.50. The van der Waals surface area contributed by atoms with Crippen LogP contribution < -0.4 is 20.7 Å². The fraction of sp³-hybridized carbons (Fsp3) is 0.533. The molecule has 3 aromatic heterocycles. The predicted molar refractivity (Wildman–Crippen MR) is 159 cm³/mol. The molecule has 0 spiro atoms. The molecule has 0 aliphatic carbocycles. The van der Waals surface area contributed by atoms with Gasteiger partial charge in [-0.2, -0.15) is 31.9 Å². The Morgan fingerprint density at radius 2 is 1.82 bits per heavy atom. The zero-order valence-corrected chi connectivity index (χ0v) is 25.3. The molecular formula is C30H36F6N8O. The highest BCUT2D eigenvalue weighted by molar-refractivity contribution is 5.92. The molecule has 0 radical (unpaired) electrons. The number of hydrogen-bond acceptors (Lipinski definition) is 9. The van der Waals surface area contributed by atoms with Crippen molar-refractivity contribution < 1.29 is 31.1 Å². The van der Waals surface area contributed by atoms with Crippen LogP contribution in [0, 0.1) is 12.7 Å². The standard InChI is InChI=1S/C28H30F6N8O.C2H6/c1-15-10-19(35)38-23(20(15)28(32,33)34)24-21(31)22-17(12-37-24)25(41-9-6-36-16(13-41)11-18(29)30)40-26(39-22)43-14-27-4-2-7-42(27)8-3-5-27;1-2/h10-12,16,36H,2-9,13-14H2,1H3,(H2,35,38);1-2H3. The quantitative estimate of drug-likeness (QED) is 0.328. The Kier molecular flexibility index (Phi) is 9.40. The Bertz CT molecular complexity index is 1570. The van der Waals surface area contributed by atoms with E-state index < -0.39 is 41.1 Å². The Balaban J connectivity index is 0.00000196. The zero-order chi connectivity index (χ0) is 32.5. The molecule has 0 saturated carbocycles. The summed E-state index contributed by atoms with van der Waals surface area (Å²) in [4.78, 5) is 20.8. The van der Waals surface area contributed by atoms with Crippen LogP contribution in [0.25, 0.3) is 22.3 Å². The number of halogens is 6. The number of rotatable bonds is 6. The maximum atomic E-state index is 16.3. The minimum absolute atomic E-state index is 0.0676. The van der Waals surface area contributed by atoms with Gasteiger partial charge in [-0.1, -0.05) is 13.8 Å². The summed E-state index contributed by atoms with van der Waals surface area (Å²) in [6.07, 6.45) is -0.868. The van der Waals surface area contributed by atoms with Gasteiger partial charge < -0.3 is 20.7 Å². The first-order chi connectivity index (χ1) is 21.4. The van der Waals surface area contributed by atoms with Crippen molar-refractivity contribution in [2.45, 2.75) is 64.2 Å². The second-order valence-corrected chi connectivity index (χ2v) is 11.3. The molecule has 3 saturated heterocycles. The van der Waals surface area contributed by atoms with Gasteiger partial charge >= 0.3 is 12.2 Å². The smallest absolute Gasteiger partial charge is 0.418 e.